The van der Waals surface area contributed by atoms with Gasteiger partial charge in [-0.3, -0.25) is 4.79 Å². The predicted molar refractivity (Wildman–Crippen MR) is 63.2 cm³/mol. The lowest BCUT2D eigenvalue weighted by Crippen LogP contribution is -2.45. The normalized spacial score (nSPS) is 49.4. The van der Waals surface area contributed by atoms with Gasteiger partial charge in [0.1, 0.15) is 6.10 Å². The lowest BCUT2D eigenvalue weighted by atomic mass is 9.58. The second-order valence-corrected chi connectivity index (χ2v) is 6.12. The third-order valence-corrected chi connectivity index (χ3v) is 5.39. The molecule has 0 aromatic carbocycles. The molecule has 1 heterocycles. The molecule has 2 saturated carbocycles. The standard InChI is InChI=1S/C14H22O3/c1-8-13-11(14(16)17-8)6-9-4-2-3-5-10(9)12(13)7-15/h8-13,15H,2-7H2,1H3. The third kappa shape index (κ3) is 1.70. The van der Waals surface area contributed by atoms with E-state index in [-0.39, 0.29) is 30.5 Å². The largest absolute Gasteiger partial charge is 0.462 e. The summed E-state index contributed by atoms with van der Waals surface area (Å²) < 4.78 is 5.40. The van der Waals surface area contributed by atoms with Crippen LogP contribution in [0, 0.1) is 29.6 Å². The Kier molecular flexibility index (Phi) is 2.89. The Labute approximate surface area is 103 Å². The summed E-state index contributed by atoms with van der Waals surface area (Å²) in [6.07, 6.45) is 6.08. The predicted octanol–water partition coefficient (Wildman–Crippen LogP) is 1.98. The van der Waals surface area contributed by atoms with E-state index in [1.807, 2.05) is 6.92 Å². The van der Waals surface area contributed by atoms with Gasteiger partial charge in [0.2, 0.25) is 0 Å². The number of hydrogen-bond acceptors (Lipinski definition) is 3. The van der Waals surface area contributed by atoms with Gasteiger partial charge in [0.15, 0.2) is 0 Å². The average molecular weight is 238 g/mol. The number of ether oxygens (including phenoxy) is 1. The minimum atomic E-state index is -0.00928. The zero-order valence-corrected chi connectivity index (χ0v) is 10.5. The van der Waals surface area contributed by atoms with E-state index in [0.717, 1.165) is 6.42 Å². The molecule has 3 aliphatic rings. The summed E-state index contributed by atoms with van der Waals surface area (Å²) >= 11 is 0. The second kappa shape index (κ2) is 4.27. The number of hydrogen-bond donors (Lipinski definition) is 1. The van der Waals surface area contributed by atoms with Crippen LogP contribution >= 0.6 is 0 Å². The van der Waals surface area contributed by atoms with Crippen LogP contribution in [0.2, 0.25) is 0 Å². The zero-order valence-electron chi connectivity index (χ0n) is 10.5. The average Bonchev–Trinajstić information content (AvgIpc) is 2.62. The van der Waals surface area contributed by atoms with E-state index in [4.69, 9.17) is 4.74 Å². The molecule has 1 saturated heterocycles. The maximum Gasteiger partial charge on any atom is 0.309 e. The highest BCUT2D eigenvalue weighted by atomic mass is 16.6. The van der Waals surface area contributed by atoms with Crippen LogP contribution in [-0.2, 0) is 9.53 Å². The molecule has 0 spiro atoms. The number of carbonyl (C=O) groups is 1. The van der Waals surface area contributed by atoms with E-state index < -0.39 is 0 Å². The fourth-order valence-corrected chi connectivity index (χ4v) is 4.69. The smallest absolute Gasteiger partial charge is 0.309 e. The van der Waals surface area contributed by atoms with Gasteiger partial charge in [0.05, 0.1) is 5.92 Å². The van der Waals surface area contributed by atoms with Crippen LogP contribution in [0.25, 0.3) is 0 Å². The van der Waals surface area contributed by atoms with E-state index >= 15 is 0 Å². The first-order chi connectivity index (χ1) is 8.22. The SMILES string of the molecule is CC1OC(=O)C2CC3CCCCC3C(CO)C12. The Bertz CT molecular complexity index is 315. The highest BCUT2D eigenvalue weighted by molar-refractivity contribution is 5.75. The minimum Gasteiger partial charge on any atom is -0.462 e. The van der Waals surface area contributed by atoms with Crippen molar-refractivity contribution in [1.82, 2.24) is 0 Å². The molecule has 1 aliphatic heterocycles. The molecule has 3 nitrogen and oxygen atoms in total. The van der Waals surface area contributed by atoms with E-state index in [9.17, 15) is 9.90 Å². The van der Waals surface area contributed by atoms with Gasteiger partial charge < -0.3 is 9.84 Å². The van der Waals surface area contributed by atoms with Crippen molar-refractivity contribution in [2.45, 2.75) is 45.1 Å². The molecule has 6 atom stereocenters. The Balaban J connectivity index is 1.88. The van der Waals surface area contributed by atoms with Gasteiger partial charge in [-0.1, -0.05) is 19.3 Å². The van der Waals surface area contributed by atoms with Crippen molar-refractivity contribution in [3.63, 3.8) is 0 Å². The molecular weight excluding hydrogens is 216 g/mol. The van der Waals surface area contributed by atoms with Crippen molar-refractivity contribution in [2.24, 2.45) is 29.6 Å². The lowest BCUT2D eigenvalue weighted by molar-refractivity contribution is -0.144. The molecule has 0 aromatic heterocycles. The fourth-order valence-electron chi connectivity index (χ4n) is 4.69. The molecule has 17 heavy (non-hydrogen) atoms. The first kappa shape index (κ1) is 11.5. The minimum absolute atomic E-state index is 0.00697. The van der Waals surface area contributed by atoms with Gasteiger partial charge >= 0.3 is 5.97 Å². The molecular formula is C14H22O3. The topological polar surface area (TPSA) is 46.5 Å². The first-order valence-electron chi connectivity index (χ1n) is 7.03. The van der Waals surface area contributed by atoms with Crippen LogP contribution in [-0.4, -0.2) is 23.8 Å². The fraction of sp³-hybridized carbons (Fsp3) is 0.929. The number of aliphatic hydroxyl groups excluding tert-OH is 1. The van der Waals surface area contributed by atoms with Gasteiger partial charge in [0, 0.05) is 12.5 Å². The number of carbonyl (C=O) groups excluding carboxylic acids is 1. The first-order valence-corrected chi connectivity index (χ1v) is 7.03. The summed E-state index contributed by atoms with van der Waals surface area (Å²) in [6, 6.07) is 0. The summed E-state index contributed by atoms with van der Waals surface area (Å²) in [5, 5.41) is 9.71. The summed E-state index contributed by atoms with van der Waals surface area (Å²) in [6.45, 7) is 2.22. The zero-order chi connectivity index (χ0) is 12.0. The molecule has 3 fully saturated rings. The van der Waals surface area contributed by atoms with Crippen LogP contribution in [0.3, 0.4) is 0 Å². The molecule has 3 rings (SSSR count). The van der Waals surface area contributed by atoms with E-state index in [1.165, 1.54) is 25.7 Å². The van der Waals surface area contributed by atoms with E-state index in [1.54, 1.807) is 0 Å². The van der Waals surface area contributed by atoms with Crippen molar-refractivity contribution in [3.05, 3.63) is 0 Å². The van der Waals surface area contributed by atoms with Crippen LogP contribution in [0.4, 0.5) is 0 Å². The Morgan fingerprint density at radius 3 is 2.88 bits per heavy atom. The molecule has 3 heteroatoms. The van der Waals surface area contributed by atoms with Crippen LogP contribution in [0.15, 0.2) is 0 Å². The highest BCUT2D eigenvalue weighted by Gasteiger charge is 2.54. The molecule has 6 unspecified atom stereocenters. The number of aliphatic hydroxyl groups is 1. The van der Waals surface area contributed by atoms with E-state index in [2.05, 4.69) is 0 Å². The molecule has 0 amide bonds. The molecule has 1 N–H and O–H groups in total. The molecule has 0 aromatic rings. The monoisotopic (exact) mass is 238 g/mol. The Morgan fingerprint density at radius 2 is 2.12 bits per heavy atom. The van der Waals surface area contributed by atoms with Crippen molar-refractivity contribution in [3.8, 4) is 0 Å². The summed E-state index contributed by atoms with van der Waals surface area (Å²) in [7, 11) is 0. The number of fused-ring (bicyclic) bond motifs is 2. The van der Waals surface area contributed by atoms with Gasteiger partial charge in [-0.15, -0.1) is 0 Å². The lowest BCUT2D eigenvalue weighted by Gasteiger charge is -2.46. The number of cyclic esters (lactones) is 1. The van der Waals surface area contributed by atoms with E-state index in [0.29, 0.717) is 17.8 Å². The molecule has 2 aliphatic carbocycles. The quantitative estimate of drug-likeness (QED) is 0.711. The van der Waals surface area contributed by atoms with Gasteiger partial charge in [-0.25, -0.2) is 0 Å². The number of rotatable bonds is 1. The van der Waals surface area contributed by atoms with Crippen LogP contribution in [0.5, 0.6) is 0 Å². The second-order valence-electron chi connectivity index (χ2n) is 6.12. The summed E-state index contributed by atoms with van der Waals surface area (Å²) in [5.41, 5.74) is 0. The Morgan fingerprint density at radius 1 is 1.35 bits per heavy atom. The van der Waals surface area contributed by atoms with Gasteiger partial charge in [-0.2, -0.15) is 0 Å². The molecule has 96 valence electrons. The highest BCUT2D eigenvalue weighted by Crippen LogP contribution is 2.52. The van der Waals surface area contributed by atoms with Crippen molar-refractivity contribution >= 4 is 5.97 Å². The van der Waals surface area contributed by atoms with Crippen molar-refractivity contribution in [2.75, 3.05) is 6.61 Å². The van der Waals surface area contributed by atoms with Crippen LogP contribution < -0.4 is 0 Å². The van der Waals surface area contributed by atoms with Gasteiger partial charge in [-0.05, 0) is 37.5 Å². The van der Waals surface area contributed by atoms with Crippen molar-refractivity contribution in [1.29, 1.82) is 0 Å². The Hall–Kier alpha value is -0.570. The third-order valence-electron chi connectivity index (χ3n) is 5.39. The molecule has 0 radical (unpaired) electrons. The summed E-state index contributed by atoms with van der Waals surface area (Å²) in [5.74, 6) is 1.91. The summed E-state index contributed by atoms with van der Waals surface area (Å²) in [4.78, 5) is 11.9. The van der Waals surface area contributed by atoms with Crippen molar-refractivity contribution < 1.29 is 14.6 Å². The van der Waals surface area contributed by atoms with Crippen LogP contribution in [0.1, 0.15) is 39.0 Å². The molecule has 0 bridgehead atoms. The number of esters is 1. The maximum absolute atomic E-state index is 11.9. The van der Waals surface area contributed by atoms with Gasteiger partial charge in [0.25, 0.3) is 0 Å². The maximum atomic E-state index is 11.9.